The maximum atomic E-state index is 11.8. The molecule has 0 aliphatic carbocycles. The molecular formula is C15H15ClN2O4. The highest BCUT2D eigenvalue weighted by Gasteiger charge is 2.28. The molecule has 1 aromatic heterocycles. The molecule has 2 rings (SSSR count). The van der Waals surface area contributed by atoms with Crippen LogP contribution in [0.3, 0.4) is 0 Å². The van der Waals surface area contributed by atoms with Crippen LogP contribution in [0.15, 0.2) is 47.1 Å². The van der Waals surface area contributed by atoms with Gasteiger partial charge in [-0.3, -0.25) is 9.59 Å². The molecule has 1 heterocycles. The molecule has 22 heavy (non-hydrogen) atoms. The molecule has 0 aliphatic rings. The zero-order valence-corrected chi connectivity index (χ0v) is 12.6. The zero-order valence-electron chi connectivity index (χ0n) is 11.8. The Kier molecular flexibility index (Phi) is 4.85. The minimum atomic E-state index is -1.41. The molecule has 6 nitrogen and oxygen atoms in total. The van der Waals surface area contributed by atoms with E-state index in [1.807, 2.05) is 0 Å². The molecular weight excluding hydrogens is 308 g/mol. The predicted molar refractivity (Wildman–Crippen MR) is 81.4 cm³/mol. The number of hydrogen-bond donors (Lipinski definition) is 3. The molecule has 3 N–H and O–H groups in total. The van der Waals surface area contributed by atoms with Gasteiger partial charge in [-0.25, -0.2) is 0 Å². The number of hydrogen-bond acceptors (Lipinski definition) is 4. The van der Waals surface area contributed by atoms with Crippen molar-refractivity contribution < 1.29 is 19.1 Å². The van der Waals surface area contributed by atoms with E-state index in [4.69, 9.17) is 16.0 Å². The summed E-state index contributed by atoms with van der Waals surface area (Å²) < 4.78 is 5.08. The van der Waals surface area contributed by atoms with Crippen molar-refractivity contribution >= 4 is 29.1 Å². The zero-order chi connectivity index (χ0) is 16.2. The SMILES string of the molecule is C[C@@](O)(CNC(=O)C(=O)Nc1ccccc1Cl)c1ccco1. The molecule has 2 amide bonds. The van der Waals surface area contributed by atoms with Crippen molar-refractivity contribution in [1.82, 2.24) is 5.32 Å². The lowest BCUT2D eigenvalue weighted by molar-refractivity contribution is -0.136. The summed E-state index contributed by atoms with van der Waals surface area (Å²) in [6.07, 6.45) is 1.41. The highest BCUT2D eigenvalue weighted by Crippen LogP contribution is 2.21. The molecule has 0 radical (unpaired) electrons. The van der Waals surface area contributed by atoms with Crippen LogP contribution in [0.4, 0.5) is 5.69 Å². The average Bonchev–Trinajstić information content (AvgIpc) is 3.02. The molecule has 116 valence electrons. The largest absolute Gasteiger partial charge is 0.466 e. The van der Waals surface area contributed by atoms with Crippen LogP contribution in [-0.4, -0.2) is 23.5 Å². The summed E-state index contributed by atoms with van der Waals surface area (Å²) in [6.45, 7) is 1.30. The first-order chi connectivity index (χ1) is 10.4. The van der Waals surface area contributed by atoms with Crippen molar-refractivity contribution in [2.24, 2.45) is 0 Å². The van der Waals surface area contributed by atoms with E-state index in [1.165, 1.54) is 13.2 Å². The van der Waals surface area contributed by atoms with E-state index in [9.17, 15) is 14.7 Å². The number of carbonyl (C=O) groups excluding carboxylic acids is 2. The van der Waals surface area contributed by atoms with Crippen LogP contribution in [0.2, 0.25) is 5.02 Å². The summed E-state index contributed by atoms with van der Waals surface area (Å²) in [5.41, 5.74) is -1.08. The lowest BCUT2D eigenvalue weighted by atomic mass is 10.0. The molecule has 0 saturated heterocycles. The molecule has 7 heteroatoms. The van der Waals surface area contributed by atoms with E-state index in [0.29, 0.717) is 16.5 Å². The molecule has 0 fully saturated rings. The Morgan fingerprint density at radius 3 is 2.59 bits per heavy atom. The molecule has 0 bridgehead atoms. The second-order valence-corrected chi connectivity index (χ2v) is 5.28. The number of amides is 2. The summed E-state index contributed by atoms with van der Waals surface area (Å²) in [7, 11) is 0. The number of furan rings is 1. The summed E-state index contributed by atoms with van der Waals surface area (Å²) in [5, 5.41) is 15.2. The number of aliphatic hydroxyl groups is 1. The normalized spacial score (nSPS) is 13.2. The van der Waals surface area contributed by atoms with Crippen LogP contribution in [0.1, 0.15) is 12.7 Å². The third-order valence-electron chi connectivity index (χ3n) is 2.97. The van der Waals surface area contributed by atoms with Crippen LogP contribution in [-0.2, 0) is 15.2 Å². The molecule has 1 atom stereocenters. The number of rotatable bonds is 4. The number of halogens is 1. The third-order valence-corrected chi connectivity index (χ3v) is 3.30. The van der Waals surface area contributed by atoms with E-state index in [0.717, 1.165) is 0 Å². The Bertz CT molecular complexity index is 668. The standard InChI is InChI=1S/C15H15ClN2O4/c1-15(21,12-7-4-8-22-12)9-17-13(19)14(20)18-11-6-3-2-5-10(11)16/h2-8,21H,9H2,1H3,(H,17,19)(H,18,20)/t15-/m1/s1. The van der Waals surface area contributed by atoms with Crippen LogP contribution in [0, 0.1) is 0 Å². The van der Waals surface area contributed by atoms with Gasteiger partial charge in [0.2, 0.25) is 0 Å². The fraction of sp³-hybridized carbons (Fsp3) is 0.200. The molecule has 0 aliphatic heterocycles. The van der Waals surface area contributed by atoms with Gasteiger partial charge in [0.05, 0.1) is 23.5 Å². The summed E-state index contributed by atoms with van der Waals surface area (Å²) >= 11 is 5.89. The maximum Gasteiger partial charge on any atom is 0.313 e. The van der Waals surface area contributed by atoms with E-state index < -0.39 is 17.4 Å². The minimum absolute atomic E-state index is 0.171. The lowest BCUT2D eigenvalue weighted by Crippen LogP contribution is -2.43. The lowest BCUT2D eigenvalue weighted by Gasteiger charge is -2.20. The van der Waals surface area contributed by atoms with Gasteiger partial charge in [0, 0.05) is 0 Å². The Hall–Kier alpha value is -2.31. The van der Waals surface area contributed by atoms with Gasteiger partial charge < -0.3 is 20.2 Å². The number of benzene rings is 1. The number of carbonyl (C=O) groups is 2. The Morgan fingerprint density at radius 1 is 1.23 bits per heavy atom. The van der Waals surface area contributed by atoms with Crippen molar-refractivity contribution in [2.75, 3.05) is 11.9 Å². The fourth-order valence-electron chi connectivity index (χ4n) is 1.75. The van der Waals surface area contributed by atoms with Crippen molar-refractivity contribution in [3.8, 4) is 0 Å². The van der Waals surface area contributed by atoms with Gasteiger partial charge in [-0.2, -0.15) is 0 Å². The summed E-state index contributed by atoms with van der Waals surface area (Å²) in [4.78, 5) is 23.5. The summed E-state index contributed by atoms with van der Waals surface area (Å²) in [5.74, 6) is -1.46. The second-order valence-electron chi connectivity index (χ2n) is 4.87. The van der Waals surface area contributed by atoms with Gasteiger partial charge >= 0.3 is 11.8 Å². The number of nitrogens with one attached hydrogen (secondary N) is 2. The van der Waals surface area contributed by atoms with E-state index >= 15 is 0 Å². The van der Waals surface area contributed by atoms with Gasteiger partial charge in [0.25, 0.3) is 0 Å². The van der Waals surface area contributed by atoms with Crippen molar-refractivity contribution in [3.05, 3.63) is 53.4 Å². The summed E-state index contributed by atoms with van der Waals surface area (Å²) in [6, 6.07) is 9.76. The predicted octanol–water partition coefficient (Wildman–Crippen LogP) is 1.90. The Labute approximate surface area is 132 Å². The quantitative estimate of drug-likeness (QED) is 0.750. The van der Waals surface area contributed by atoms with Crippen molar-refractivity contribution in [2.45, 2.75) is 12.5 Å². The van der Waals surface area contributed by atoms with Crippen molar-refractivity contribution in [3.63, 3.8) is 0 Å². The molecule has 0 unspecified atom stereocenters. The second kappa shape index (κ2) is 6.64. The minimum Gasteiger partial charge on any atom is -0.466 e. The van der Waals surface area contributed by atoms with E-state index in [2.05, 4.69) is 10.6 Å². The first kappa shape index (κ1) is 16.1. The third kappa shape index (κ3) is 3.87. The number of para-hydroxylation sites is 1. The highest BCUT2D eigenvalue weighted by atomic mass is 35.5. The van der Waals surface area contributed by atoms with Crippen LogP contribution in [0.5, 0.6) is 0 Å². The monoisotopic (exact) mass is 322 g/mol. The molecule has 1 aromatic carbocycles. The molecule has 0 spiro atoms. The fourth-order valence-corrected chi connectivity index (χ4v) is 1.93. The Morgan fingerprint density at radius 2 is 1.95 bits per heavy atom. The van der Waals surface area contributed by atoms with Crippen LogP contribution in [0.25, 0.3) is 0 Å². The van der Waals surface area contributed by atoms with Gasteiger partial charge in [0.15, 0.2) is 0 Å². The van der Waals surface area contributed by atoms with Gasteiger partial charge in [0.1, 0.15) is 11.4 Å². The Balaban J connectivity index is 1.92. The maximum absolute atomic E-state index is 11.8. The smallest absolute Gasteiger partial charge is 0.313 e. The van der Waals surface area contributed by atoms with Gasteiger partial charge in [-0.05, 0) is 31.2 Å². The molecule has 0 saturated carbocycles. The van der Waals surface area contributed by atoms with Crippen LogP contribution >= 0.6 is 11.6 Å². The highest BCUT2D eigenvalue weighted by molar-refractivity contribution is 6.41. The van der Waals surface area contributed by atoms with E-state index in [1.54, 1.807) is 36.4 Å². The van der Waals surface area contributed by atoms with Crippen molar-refractivity contribution in [1.29, 1.82) is 0 Å². The van der Waals surface area contributed by atoms with Crippen LogP contribution < -0.4 is 10.6 Å². The first-order valence-electron chi connectivity index (χ1n) is 6.50. The topological polar surface area (TPSA) is 91.6 Å². The number of anilines is 1. The average molecular weight is 323 g/mol. The first-order valence-corrected chi connectivity index (χ1v) is 6.88. The van der Waals surface area contributed by atoms with Gasteiger partial charge in [-0.15, -0.1) is 0 Å². The van der Waals surface area contributed by atoms with Gasteiger partial charge in [-0.1, -0.05) is 23.7 Å². The van der Waals surface area contributed by atoms with E-state index in [-0.39, 0.29) is 6.54 Å². The molecule has 2 aromatic rings.